The van der Waals surface area contributed by atoms with Gasteiger partial charge in [-0.2, -0.15) is 0 Å². The molecule has 2 atom stereocenters. The Morgan fingerprint density at radius 3 is 2.50 bits per heavy atom. The van der Waals surface area contributed by atoms with Crippen LogP contribution >= 0.6 is 0 Å². The first-order valence-corrected chi connectivity index (χ1v) is 10.4. The number of nitrogens with zero attached hydrogens (tertiary/aromatic N) is 1. The number of methoxy groups -OCH3 is 2. The molecule has 0 bridgehead atoms. The van der Waals surface area contributed by atoms with E-state index in [9.17, 15) is 9.59 Å². The molecule has 1 N–H and O–H groups in total. The number of benzene rings is 2. The molecule has 6 heteroatoms. The maximum atomic E-state index is 13.1. The van der Waals surface area contributed by atoms with E-state index in [1.807, 2.05) is 36.4 Å². The minimum atomic E-state index is -0.336. The van der Waals surface area contributed by atoms with Crippen LogP contribution in [0.5, 0.6) is 11.5 Å². The van der Waals surface area contributed by atoms with Crippen LogP contribution in [0.4, 0.5) is 0 Å². The van der Waals surface area contributed by atoms with Crippen LogP contribution < -0.4 is 14.8 Å². The van der Waals surface area contributed by atoms with E-state index in [0.717, 1.165) is 18.4 Å². The first-order chi connectivity index (χ1) is 14.6. The van der Waals surface area contributed by atoms with Crippen LogP contribution in [0.2, 0.25) is 0 Å². The number of nitrogens with one attached hydrogen (secondary N) is 1. The molecule has 2 aromatic carbocycles. The standard InChI is InChI=1S/C24H30N2O4/c1-4-5-13-25-23(27)21-16-26(24(28)17-9-7-6-8-10-17)15-20(21)19-12-11-18(29-2)14-22(19)30-3/h6-12,14,20-21H,4-5,13,15-16H2,1-3H3,(H,25,27). The second-order valence-electron chi connectivity index (χ2n) is 7.54. The third-order valence-corrected chi connectivity index (χ3v) is 5.63. The molecule has 1 aliphatic heterocycles. The van der Waals surface area contributed by atoms with Crippen molar-refractivity contribution >= 4 is 11.8 Å². The lowest BCUT2D eigenvalue weighted by Crippen LogP contribution is -2.36. The summed E-state index contributed by atoms with van der Waals surface area (Å²) in [6.07, 6.45) is 1.95. The number of carbonyl (C=O) groups excluding carboxylic acids is 2. The Morgan fingerprint density at radius 1 is 1.07 bits per heavy atom. The van der Waals surface area contributed by atoms with E-state index < -0.39 is 0 Å². The van der Waals surface area contributed by atoms with Gasteiger partial charge in [0.05, 0.1) is 20.1 Å². The zero-order chi connectivity index (χ0) is 21.5. The summed E-state index contributed by atoms with van der Waals surface area (Å²) in [6.45, 7) is 3.58. The van der Waals surface area contributed by atoms with E-state index in [0.29, 0.717) is 36.7 Å². The van der Waals surface area contributed by atoms with Gasteiger partial charge in [0.1, 0.15) is 11.5 Å². The highest BCUT2D eigenvalue weighted by Gasteiger charge is 2.41. The fraction of sp³-hybridized carbons (Fsp3) is 0.417. The lowest BCUT2D eigenvalue weighted by atomic mass is 9.87. The van der Waals surface area contributed by atoms with E-state index in [2.05, 4.69) is 12.2 Å². The van der Waals surface area contributed by atoms with Gasteiger partial charge in [0.2, 0.25) is 5.91 Å². The Hall–Kier alpha value is -3.02. The fourth-order valence-corrected chi connectivity index (χ4v) is 3.96. The molecule has 6 nitrogen and oxygen atoms in total. The number of unbranched alkanes of at least 4 members (excludes halogenated alkanes) is 1. The number of amides is 2. The molecular formula is C24H30N2O4. The number of likely N-dealkylation sites (tertiary alicyclic amines) is 1. The van der Waals surface area contributed by atoms with Crippen molar-refractivity contribution in [2.75, 3.05) is 33.9 Å². The number of rotatable bonds is 8. The van der Waals surface area contributed by atoms with Crippen LogP contribution in [-0.2, 0) is 4.79 Å². The van der Waals surface area contributed by atoms with E-state index in [4.69, 9.17) is 9.47 Å². The molecule has 0 spiro atoms. The van der Waals surface area contributed by atoms with Gasteiger partial charge >= 0.3 is 0 Å². The third-order valence-electron chi connectivity index (χ3n) is 5.63. The minimum Gasteiger partial charge on any atom is -0.497 e. The number of ether oxygens (including phenoxy) is 2. The Labute approximate surface area is 178 Å². The molecule has 1 saturated heterocycles. The van der Waals surface area contributed by atoms with Crippen molar-refractivity contribution in [1.29, 1.82) is 0 Å². The van der Waals surface area contributed by atoms with Gasteiger partial charge in [-0.25, -0.2) is 0 Å². The van der Waals surface area contributed by atoms with Crippen LogP contribution in [0.1, 0.15) is 41.6 Å². The van der Waals surface area contributed by atoms with Gasteiger partial charge in [0, 0.05) is 42.7 Å². The SMILES string of the molecule is CCCCNC(=O)C1CN(C(=O)c2ccccc2)CC1c1ccc(OC)cc1OC. The monoisotopic (exact) mass is 410 g/mol. The summed E-state index contributed by atoms with van der Waals surface area (Å²) in [7, 11) is 3.21. The second kappa shape index (κ2) is 10.1. The first-order valence-electron chi connectivity index (χ1n) is 10.4. The van der Waals surface area contributed by atoms with Crippen LogP contribution in [0.25, 0.3) is 0 Å². The summed E-state index contributed by atoms with van der Waals surface area (Å²) in [5, 5.41) is 3.04. The van der Waals surface area contributed by atoms with Crippen molar-refractivity contribution < 1.29 is 19.1 Å². The predicted molar refractivity (Wildman–Crippen MR) is 116 cm³/mol. The van der Waals surface area contributed by atoms with Crippen molar-refractivity contribution in [3.8, 4) is 11.5 Å². The van der Waals surface area contributed by atoms with Crippen molar-refractivity contribution in [1.82, 2.24) is 10.2 Å². The molecule has 0 aliphatic carbocycles. The number of carbonyl (C=O) groups is 2. The summed E-state index contributed by atoms with van der Waals surface area (Å²) >= 11 is 0. The average molecular weight is 411 g/mol. The Bertz CT molecular complexity index is 869. The van der Waals surface area contributed by atoms with Gasteiger partial charge in [-0.1, -0.05) is 37.6 Å². The van der Waals surface area contributed by atoms with Gasteiger partial charge in [0.25, 0.3) is 5.91 Å². The summed E-state index contributed by atoms with van der Waals surface area (Å²) in [4.78, 5) is 27.8. The van der Waals surface area contributed by atoms with Crippen LogP contribution in [0, 0.1) is 5.92 Å². The lowest BCUT2D eigenvalue weighted by Gasteiger charge is -2.21. The Kier molecular flexibility index (Phi) is 7.33. The highest BCUT2D eigenvalue weighted by molar-refractivity contribution is 5.95. The smallest absolute Gasteiger partial charge is 0.253 e. The van der Waals surface area contributed by atoms with Gasteiger partial charge in [0.15, 0.2) is 0 Å². The van der Waals surface area contributed by atoms with Crippen molar-refractivity contribution in [2.45, 2.75) is 25.7 Å². The molecule has 3 rings (SSSR count). The van der Waals surface area contributed by atoms with Gasteiger partial charge in [-0.05, 0) is 24.6 Å². The topological polar surface area (TPSA) is 67.9 Å². The average Bonchev–Trinajstić information content (AvgIpc) is 3.24. The van der Waals surface area contributed by atoms with Crippen LogP contribution in [-0.4, -0.2) is 50.6 Å². The van der Waals surface area contributed by atoms with Crippen molar-refractivity contribution in [3.63, 3.8) is 0 Å². The first kappa shape index (κ1) is 21.7. The molecule has 2 amide bonds. The van der Waals surface area contributed by atoms with Gasteiger partial charge in [-0.3, -0.25) is 9.59 Å². The Morgan fingerprint density at radius 2 is 1.83 bits per heavy atom. The molecule has 2 unspecified atom stereocenters. The molecule has 1 aliphatic rings. The molecule has 2 aromatic rings. The fourth-order valence-electron chi connectivity index (χ4n) is 3.96. The zero-order valence-corrected chi connectivity index (χ0v) is 17.9. The van der Waals surface area contributed by atoms with Crippen molar-refractivity contribution in [3.05, 3.63) is 59.7 Å². The summed E-state index contributed by atoms with van der Waals surface area (Å²) < 4.78 is 10.9. The number of hydrogen-bond acceptors (Lipinski definition) is 4. The van der Waals surface area contributed by atoms with E-state index >= 15 is 0 Å². The molecule has 30 heavy (non-hydrogen) atoms. The molecule has 1 heterocycles. The maximum absolute atomic E-state index is 13.1. The van der Waals surface area contributed by atoms with E-state index in [1.165, 1.54) is 0 Å². The molecular weight excluding hydrogens is 380 g/mol. The summed E-state index contributed by atoms with van der Waals surface area (Å²) in [5.74, 6) is 0.790. The van der Waals surface area contributed by atoms with Crippen molar-refractivity contribution in [2.24, 2.45) is 5.92 Å². The Balaban J connectivity index is 1.89. The summed E-state index contributed by atoms with van der Waals surface area (Å²) in [5.41, 5.74) is 1.54. The third kappa shape index (κ3) is 4.75. The van der Waals surface area contributed by atoms with E-state index in [-0.39, 0.29) is 23.7 Å². The maximum Gasteiger partial charge on any atom is 0.253 e. The van der Waals surface area contributed by atoms with Gasteiger partial charge < -0.3 is 19.7 Å². The van der Waals surface area contributed by atoms with Gasteiger partial charge in [-0.15, -0.1) is 0 Å². The van der Waals surface area contributed by atoms with E-state index in [1.54, 1.807) is 31.3 Å². The molecule has 0 radical (unpaired) electrons. The predicted octanol–water partition coefficient (Wildman–Crippen LogP) is 3.48. The molecule has 0 saturated carbocycles. The quantitative estimate of drug-likeness (QED) is 0.677. The second-order valence-corrected chi connectivity index (χ2v) is 7.54. The molecule has 1 fully saturated rings. The molecule has 160 valence electrons. The highest BCUT2D eigenvalue weighted by atomic mass is 16.5. The minimum absolute atomic E-state index is 0.0188. The summed E-state index contributed by atoms with van der Waals surface area (Å²) in [6, 6.07) is 14.8. The largest absolute Gasteiger partial charge is 0.497 e. The highest BCUT2D eigenvalue weighted by Crippen LogP contribution is 2.39. The lowest BCUT2D eigenvalue weighted by molar-refractivity contribution is -0.124. The zero-order valence-electron chi connectivity index (χ0n) is 17.9. The normalized spacial score (nSPS) is 18.2. The van der Waals surface area contributed by atoms with Crippen LogP contribution in [0.15, 0.2) is 48.5 Å². The number of hydrogen-bond donors (Lipinski definition) is 1. The molecule has 0 aromatic heterocycles. The van der Waals surface area contributed by atoms with Crippen LogP contribution in [0.3, 0.4) is 0 Å².